The van der Waals surface area contributed by atoms with Gasteiger partial charge in [0, 0.05) is 25.2 Å². The predicted octanol–water partition coefficient (Wildman–Crippen LogP) is 2.74. The molecule has 29 heavy (non-hydrogen) atoms. The highest BCUT2D eigenvalue weighted by Gasteiger charge is 2.31. The van der Waals surface area contributed by atoms with Crippen molar-refractivity contribution in [3.63, 3.8) is 0 Å². The normalized spacial score (nSPS) is 14.7. The van der Waals surface area contributed by atoms with Gasteiger partial charge in [-0.1, -0.05) is 19.0 Å². The smallest absolute Gasteiger partial charge is 0.274 e. The number of ether oxygens (including phenoxy) is 2. The van der Waals surface area contributed by atoms with Crippen molar-refractivity contribution < 1.29 is 23.6 Å². The quantitative estimate of drug-likeness (QED) is 0.767. The summed E-state index contributed by atoms with van der Waals surface area (Å²) >= 11 is 0. The standard InChI is InChI=1S/C21H27N3O5/c1-13(2)19(21(26)24-9-5-6-10-24)22-20(25)16-12-18(29-23-16)15-8-7-14(27-3)11-17(15)28-4/h7-8,11-13,19H,5-6,9-10H2,1-4H3,(H,22,25). The number of benzene rings is 1. The molecule has 1 unspecified atom stereocenters. The van der Waals surface area contributed by atoms with E-state index < -0.39 is 11.9 Å². The fourth-order valence-corrected chi connectivity index (χ4v) is 3.37. The molecule has 0 bridgehead atoms. The molecule has 1 aliphatic rings. The van der Waals surface area contributed by atoms with Crippen LogP contribution in [-0.2, 0) is 4.79 Å². The highest BCUT2D eigenvalue weighted by molar-refractivity contribution is 5.97. The fourth-order valence-electron chi connectivity index (χ4n) is 3.37. The van der Waals surface area contributed by atoms with E-state index in [0.29, 0.717) is 22.8 Å². The zero-order valence-electron chi connectivity index (χ0n) is 17.2. The van der Waals surface area contributed by atoms with Crippen LogP contribution in [0, 0.1) is 5.92 Å². The number of amides is 2. The van der Waals surface area contributed by atoms with Crippen LogP contribution in [0.2, 0.25) is 0 Å². The third kappa shape index (κ3) is 4.52. The Labute approximate surface area is 170 Å². The number of rotatable bonds is 7. The summed E-state index contributed by atoms with van der Waals surface area (Å²) in [5.74, 6) is 1.03. The van der Waals surface area contributed by atoms with Gasteiger partial charge in [-0.05, 0) is 30.9 Å². The van der Waals surface area contributed by atoms with Crippen LogP contribution >= 0.6 is 0 Å². The van der Waals surface area contributed by atoms with Crippen molar-refractivity contribution in [3.8, 4) is 22.8 Å². The average Bonchev–Trinajstić information content (AvgIpc) is 3.42. The van der Waals surface area contributed by atoms with Crippen LogP contribution < -0.4 is 14.8 Å². The molecule has 0 aliphatic carbocycles. The molecule has 1 aromatic heterocycles. The van der Waals surface area contributed by atoms with Crippen LogP contribution in [0.5, 0.6) is 11.5 Å². The maximum absolute atomic E-state index is 12.8. The van der Waals surface area contributed by atoms with Gasteiger partial charge in [-0.2, -0.15) is 0 Å². The second-order valence-corrected chi connectivity index (χ2v) is 7.37. The minimum absolute atomic E-state index is 0.0416. The summed E-state index contributed by atoms with van der Waals surface area (Å²) in [4.78, 5) is 27.3. The van der Waals surface area contributed by atoms with E-state index >= 15 is 0 Å². The van der Waals surface area contributed by atoms with E-state index in [1.807, 2.05) is 13.8 Å². The van der Waals surface area contributed by atoms with Crippen molar-refractivity contribution >= 4 is 11.8 Å². The number of carbonyl (C=O) groups is 2. The van der Waals surface area contributed by atoms with Gasteiger partial charge in [-0.3, -0.25) is 9.59 Å². The lowest BCUT2D eigenvalue weighted by atomic mass is 10.0. The summed E-state index contributed by atoms with van der Waals surface area (Å²) in [6.07, 6.45) is 2.00. The first kappa shape index (κ1) is 20.7. The molecular weight excluding hydrogens is 374 g/mol. The molecule has 8 heteroatoms. The molecule has 1 fully saturated rings. The number of nitrogens with one attached hydrogen (secondary N) is 1. The highest BCUT2D eigenvalue weighted by atomic mass is 16.5. The van der Waals surface area contributed by atoms with Crippen LogP contribution in [0.1, 0.15) is 37.2 Å². The highest BCUT2D eigenvalue weighted by Crippen LogP contribution is 2.33. The zero-order chi connectivity index (χ0) is 21.0. The minimum Gasteiger partial charge on any atom is -0.497 e. The molecule has 1 atom stereocenters. The molecule has 2 aromatic rings. The first-order chi connectivity index (χ1) is 13.9. The van der Waals surface area contributed by atoms with Gasteiger partial charge >= 0.3 is 0 Å². The first-order valence-corrected chi connectivity index (χ1v) is 9.73. The number of aromatic nitrogens is 1. The largest absolute Gasteiger partial charge is 0.497 e. The maximum Gasteiger partial charge on any atom is 0.274 e. The number of carbonyl (C=O) groups excluding carboxylic acids is 2. The van der Waals surface area contributed by atoms with Crippen molar-refractivity contribution in [3.05, 3.63) is 30.0 Å². The Kier molecular flexibility index (Phi) is 6.41. The summed E-state index contributed by atoms with van der Waals surface area (Å²) in [7, 11) is 3.11. The van der Waals surface area contributed by atoms with E-state index in [0.717, 1.165) is 25.9 Å². The summed E-state index contributed by atoms with van der Waals surface area (Å²) in [5.41, 5.74) is 0.756. The van der Waals surface area contributed by atoms with Gasteiger partial charge in [-0.25, -0.2) is 0 Å². The van der Waals surface area contributed by atoms with Crippen molar-refractivity contribution in [2.24, 2.45) is 5.92 Å². The molecule has 0 saturated carbocycles. The Bertz CT molecular complexity index is 871. The predicted molar refractivity (Wildman–Crippen MR) is 107 cm³/mol. The van der Waals surface area contributed by atoms with Crippen molar-refractivity contribution in [1.29, 1.82) is 0 Å². The molecule has 1 saturated heterocycles. The first-order valence-electron chi connectivity index (χ1n) is 9.73. The van der Waals surface area contributed by atoms with Gasteiger partial charge in [0.25, 0.3) is 5.91 Å². The van der Waals surface area contributed by atoms with Gasteiger partial charge in [0.2, 0.25) is 5.91 Å². The topological polar surface area (TPSA) is 93.9 Å². The summed E-state index contributed by atoms with van der Waals surface area (Å²) in [5, 5.41) is 6.70. The van der Waals surface area contributed by atoms with Gasteiger partial charge in [0.15, 0.2) is 11.5 Å². The number of methoxy groups -OCH3 is 2. The lowest BCUT2D eigenvalue weighted by Gasteiger charge is -2.26. The van der Waals surface area contributed by atoms with Gasteiger partial charge in [0.05, 0.1) is 19.8 Å². The molecule has 2 amide bonds. The van der Waals surface area contributed by atoms with Crippen molar-refractivity contribution in [2.75, 3.05) is 27.3 Å². The molecule has 1 N–H and O–H groups in total. The molecule has 1 aliphatic heterocycles. The van der Waals surface area contributed by atoms with E-state index in [4.69, 9.17) is 14.0 Å². The molecule has 156 valence electrons. The molecule has 0 radical (unpaired) electrons. The van der Waals surface area contributed by atoms with Crippen molar-refractivity contribution in [1.82, 2.24) is 15.4 Å². The number of likely N-dealkylation sites (tertiary alicyclic amines) is 1. The Hall–Kier alpha value is -3.03. The fraction of sp³-hybridized carbons (Fsp3) is 0.476. The minimum atomic E-state index is -0.601. The van der Waals surface area contributed by atoms with Gasteiger partial charge in [-0.15, -0.1) is 0 Å². The molecule has 8 nitrogen and oxygen atoms in total. The molecular formula is C21H27N3O5. The second-order valence-electron chi connectivity index (χ2n) is 7.37. The second kappa shape index (κ2) is 8.98. The summed E-state index contributed by atoms with van der Waals surface area (Å²) < 4.78 is 15.9. The maximum atomic E-state index is 12.8. The number of hydrogen-bond donors (Lipinski definition) is 1. The zero-order valence-corrected chi connectivity index (χ0v) is 17.2. The van der Waals surface area contributed by atoms with Gasteiger partial charge < -0.3 is 24.2 Å². The van der Waals surface area contributed by atoms with Gasteiger partial charge in [0.1, 0.15) is 17.5 Å². The van der Waals surface area contributed by atoms with Crippen LogP contribution in [0.25, 0.3) is 11.3 Å². The van der Waals surface area contributed by atoms with Crippen LogP contribution in [0.4, 0.5) is 0 Å². The Morgan fingerprint density at radius 3 is 2.48 bits per heavy atom. The van der Waals surface area contributed by atoms with E-state index in [-0.39, 0.29) is 17.5 Å². The number of nitrogens with zero attached hydrogens (tertiary/aromatic N) is 2. The average molecular weight is 401 g/mol. The lowest BCUT2D eigenvalue weighted by Crippen LogP contribution is -2.50. The van der Waals surface area contributed by atoms with E-state index in [1.54, 1.807) is 37.3 Å². The molecule has 0 spiro atoms. The Morgan fingerprint density at radius 1 is 1.14 bits per heavy atom. The van der Waals surface area contributed by atoms with Crippen LogP contribution in [0.15, 0.2) is 28.8 Å². The molecule has 1 aromatic carbocycles. The number of hydrogen-bond acceptors (Lipinski definition) is 6. The van der Waals surface area contributed by atoms with Crippen molar-refractivity contribution in [2.45, 2.75) is 32.7 Å². The third-order valence-corrected chi connectivity index (χ3v) is 5.05. The molecule has 2 heterocycles. The summed E-state index contributed by atoms with van der Waals surface area (Å²) in [6.45, 7) is 5.30. The van der Waals surface area contributed by atoms with Crippen LogP contribution in [-0.4, -0.2) is 55.2 Å². The Balaban J connectivity index is 1.77. The van der Waals surface area contributed by atoms with E-state index in [9.17, 15) is 9.59 Å². The third-order valence-electron chi connectivity index (χ3n) is 5.05. The monoisotopic (exact) mass is 401 g/mol. The summed E-state index contributed by atoms with van der Waals surface area (Å²) in [6, 6.07) is 6.20. The van der Waals surface area contributed by atoms with Crippen LogP contribution in [0.3, 0.4) is 0 Å². The molecule has 3 rings (SSSR count). The van der Waals surface area contributed by atoms with E-state index in [2.05, 4.69) is 10.5 Å². The lowest BCUT2D eigenvalue weighted by molar-refractivity contribution is -0.133. The van der Waals surface area contributed by atoms with E-state index in [1.165, 1.54) is 6.07 Å². The Morgan fingerprint density at radius 2 is 1.86 bits per heavy atom. The SMILES string of the molecule is COc1ccc(-c2cc(C(=O)NC(C(=O)N3CCCC3)C(C)C)no2)c(OC)c1.